The molecule has 1 fully saturated rings. The van der Waals surface area contributed by atoms with Gasteiger partial charge in [0.1, 0.15) is 0 Å². The largest absolute Gasteiger partial charge is 0.396 e. The molecule has 262 valence electrons. The molecule has 1 saturated carbocycles. The van der Waals surface area contributed by atoms with E-state index in [1.54, 1.807) is 12.2 Å². The van der Waals surface area contributed by atoms with Crippen LogP contribution >= 0.6 is 0 Å². The second kappa shape index (κ2) is 32.3. The molecule has 0 aliphatic heterocycles. The monoisotopic (exact) mass is 633 g/mol. The molecule has 0 aromatic heterocycles. The number of carbonyl (C=O) groups is 2. The number of amides is 2. The van der Waals surface area contributed by atoms with Crippen LogP contribution in [-0.2, 0) is 9.59 Å². The molecule has 1 aliphatic carbocycles. The summed E-state index contributed by atoms with van der Waals surface area (Å²) in [6.45, 7) is 0.675. The van der Waals surface area contributed by atoms with Crippen LogP contribution in [0.1, 0.15) is 186 Å². The molecule has 45 heavy (non-hydrogen) atoms. The number of aliphatic hydroxyl groups is 2. The minimum absolute atomic E-state index is 0.0500. The van der Waals surface area contributed by atoms with Gasteiger partial charge in [0.25, 0.3) is 0 Å². The average molecular weight is 633 g/mol. The molecule has 0 aromatic rings. The predicted molar refractivity (Wildman–Crippen MR) is 190 cm³/mol. The molecular weight excluding hydrogens is 560 g/mol. The van der Waals surface area contributed by atoms with Crippen molar-refractivity contribution >= 4 is 11.8 Å². The molecule has 0 heterocycles. The Morgan fingerprint density at radius 3 is 0.933 bits per heavy atom. The van der Waals surface area contributed by atoms with Gasteiger partial charge in [0.2, 0.25) is 11.8 Å². The molecule has 1 rings (SSSR count). The highest BCUT2D eigenvalue weighted by Gasteiger charge is 2.38. The van der Waals surface area contributed by atoms with Crippen molar-refractivity contribution < 1.29 is 19.8 Å². The van der Waals surface area contributed by atoms with Gasteiger partial charge >= 0.3 is 0 Å². The third-order valence-corrected chi connectivity index (χ3v) is 9.04. The van der Waals surface area contributed by atoms with Crippen LogP contribution in [0.25, 0.3) is 0 Å². The maximum absolute atomic E-state index is 12.2. The average Bonchev–Trinajstić information content (AvgIpc) is 3.76. The molecule has 6 heteroatoms. The minimum atomic E-state index is -0.0500. The van der Waals surface area contributed by atoms with Crippen molar-refractivity contribution in [2.75, 3.05) is 13.2 Å². The van der Waals surface area contributed by atoms with Crippen molar-refractivity contribution in [3.63, 3.8) is 0 Å². The summed E-state index contributed by atoms with van der Waals surface area (Å²) >= 11 is 0. The quantitative estimate of drug-likeness (QED) is 0.0420. The van der Waals surface area contributed by atoms with E-state index in [0.717, 1.165) is 44.9 Å². The zero-order valence-corrected chi connectivity index (χ0v) is 29.1. The van der Waals surface area contributed by atoms with Crippen molar-refractivity contribution in [1.82, 2.24) is 10.6 Å². The van der Waals surface area contributed by atoms with Crippen LogP contribution in [-0.4, -0.2) is 47.3 Å². The molecule has 0 unspecified atom stereocenters. The summed E-state index contributed by atoms with van der Waals surface area (Å²) in [5, 5.41) is 23.6. The topological polar surface area (TPSA) is 98.7 Å². The molecule has 6 nitrogen and oxygen atoms in total. The van der Waals surface area contributed by atoms with Gasteiger partial charge in [-0.05, 0) is 57.1 Å². The van der Waals surface area contributed by atoms with E-state index in [-0.39, 0.29) is 23.9 Å². The summed E-state index contributed by atoms with van der Waals surface area (Å²) in [6.07, 6.45) is 42.9. The van der Waals surface area contributed by atoms with Gasteiger partial charge in [0.05, 0.1) is 12.1 Å². The van der Waals surface area contributed by atoms with Crippen LogP contribution in [0.5, 0.6) is 0 Å². The highest BCUT2D eigenvalue weighted by atomic mass is 16.3. The van der Waals surface area contributed by atoms with Gasteiger partial charge < -0.3 is 20.8 Å². The summed E-state index contributed by atoms with van der Waals surface area (Å²) in [6, 6.07) is 0.116. The maximum Gasteiger partial charge on any atom is 0.243 e. The first-order valence-corrected chi connectivity index (χ1v) is 19.3. The zero-order chi connectivity index (χ0) is 32.5. The normalized spacial score (nSPS) is 16.1. The lowest BCUT2D eigenvalue weighted by Crippen LogP contribution is -2.33. The first-order valence-electron chi connectivity index (χ1n) is 19.3. The standard InChI is InChI=1S/C39H72N2O4/c42-33-29-25-21-17-13-9-5-1-3-7-11-15-19-23-27-31-38(44)40-36-35-37(36)41-39(45)32-28-24-20-16-12-8-4-2-6-10-14-18-22-26-30-34-43/h27-28,31-32,36-37,42-43H,1-26,29-30,33-35H2,(H,40,44)(H,41,45)/b31-27+,32-28+/t36-,37-/m1/s1. The van der Waals surface area contributed by atoms with E-state index >= 15 is 0 Å². The van der Waals surface area contributed by atoms with Crippen LogP contribution in [0.4, 0.5) is 0 Å². The van der Waals surface area contributed by atoms with Crippen molar-refractivity contribution in [3.8, 4) is 0 Å². The predicted octanol–water partition coefficient (Wildman–Crippen LogP) is 9.38. The van der Waals surface area contributed by atoms with E-state index in [4.69, 9.17) is 10.2 Å². The van der Waals surface area contributed by atoms with Crippen molar-refractivity contribution in [1.29, 1.82) is 0 Å². The fourth-order valence-corrected chi connectivity index (χ4v) is 5.99. The Morgan fingerprint density at radius 1 is 0.422 bits per heavy atom. The lowest BCUT2D eigenvalue weighted by molar-refractivity contribution is -0.118. The Bertz CT molecular complexity index is 679. The highest BCUT2D eigenvalue weighted by Crippen LogP contribution is 2.21. The number of unbranched alkanes of at least 4 members (excludes halogenated alkanes) is 26. The number of aliphatic hydroxyl groups excluding tert-OH is 2. The Hall–Kier alpha value is -1.66. The smallest absolute Gasteiger partial charge is 0.243 e. The summed E-state index contributed by atoms with van der Waals surface area (Å²) in [4.78, 5) is 24.3. The third-order valence-electron chi connectivity index (χ3n) is 9.04. The van der Waals surface area contributed by atoms with E-state index in [1.807, 2.05) is 12.2 Å². The van der Waals surface area contributed by atoms with Gasteiger partial charge in [-0.15, -0.1) is 0 Å². The van der Waals surface area contributed by atoms with Gasteiger partial charge in [-0.25, -0.2) is 0 Å². The molecule has 1 aliphatic rings. The summed E-state index contributed by atoms with van der Waals surface area (Å²) in [5.74, 6) is -0.100. The van der Waals surface area contributed by atoms with E-state index in [0.29, 0.717) is 13.2 Å². The molecule has 0 saturated heterocycles. The van der Waals surface area contributed by atoms with E-state index in [2.05, 4.69) is 10.6 Å². The molecular formula is C39H72N2O4. The van der Waals surface area contributed by atoms with Crippen molar-refractivity contribution in [3.05, 3.63) is 24.3 Å². The lowest BCUT2D eigenvalue weighted by atomic mass is 10.0. The maximum atomic E-state index is 12.2. The minimum Gasteiger partial charge on any atom is -0.396 e. The van der Waals surface area contributed by atoms with Gasteiger partial charge in [-0.3, -0.25) is 9.59 Å². The van der Waals surface area contributed by atoms with Gasteiger partial charge in [0, 0.05) is 13.2 Å². The van der Waals surface area contributed by atoms with Crippen molar-refractivity contribution in [2.24, 2.45) is 0 Å². The van der Waals surface area contributed by atoms with Crippen LogP contribution in [0.3, 0.4) is 0 Å². The second-order valence-electron chi connectivity index (χ2n) is 13.5. The molecule has 0 spiro atoms. The molecule has 0 radical (unpaired) electrons. The van der Waals surface area contributed by atoms with E-state index < -0.39 is 0 Å². The van der Waals surface area contributed by atoms with Crippen LogP contribution in [0.2, 0.25) is 0 Å². The van der Waals surface area contributed by atoms with Crippen molar-refractivity contribution in [2.45, 2.75) is 198 Å². The molecule has 2 atom stereocenters. The SMILES string of the molecule is O=C(/C=C/CCCCCCCCCCCCCCCO)N[C@@H]1C[C@H]1NC(=O)/C=C/CCCCCCCCCCCCCCCO. The molecule has 2 amide bonds. The van der Waals surface area contributed by atoms with Crippen LogP contribution < -0.4 is 10.6 Å². The number of hydrogen-bond donors (Lipinski definition) is 4. The van der Waals surface area contributed by atoms with Gasteiger partial charge in [-0.2, -0.15) is 0 Å². The van der Waals surface area contributed by atoms with Crippen LogP contribution in [0.15, 0.2) is 24.3 Å². The number of nitrogens with one attached hydrogen (secondary N) is 2. The molecule has 0 bridgehead atoms. The second-order valence-corrected chi connectivity index (χ2v) is 13.5. The Balaban J connectivity index is 1.84. The van der Waals surface area contributed by atoms with Gasteiger partial charge in [-0.1, -0.05) is 153 Å². The Kier molecular flexibility index (Phi) is 29.7. The number of hydrogen-bond acceptors (Lipinski definition) is 4. The first-order chi connectivity index (χ1) is 22.2. The van der Waals surface area contributed by atoms with E-state index in [9.17, 15) is 9.59 Å². The summed E-state index contributed by atoms with van der Waals surface area (Å²) in [7, 11) is 0. The zero-order valence-electron chi connectivity index (χ0n) is 29.1. The Morgan fingerprint density at radius 2 is 0.667 bits per heavy atom. The Labute approximate surface area is 277 Å². The fourth-order valence-electron chi connectivity index (χ4n) is 5.99. The molecule has 0 aromatic carbocycles. The third kappa shape index (κ3) is 29.5. The van der Waals surface area contributed by atoms with E-state index in [1.165, 1.54) is 141 Å². The number of rotatable bonds is 34. The number of carbonyl (C=O) groups excluding carboxylic acids is 2. The summed E-state index contributed by atoms with van der Waals surface area (Å²) in [5.41, 5.74) is 0. The summed E-state index contributed by atoms with van der Waals surface area (Å²) < 4.78 is 0. The lowest BCUT2D eigenvalue weighted by Gasteiger charge is -2.03. The number of allylic oxidation sites excluding steroid dienone is 2. The van der Waals surface area contributed by atoms with Gasteiger partial charge in [0.15, 0.2) is 0 Å². The van der Waals surface area contributed by atoms with Crippen LogP contribution in [0, 0.1) is 0 Å². The fraction of sp³-hybridized carbons (Fsp3) is 0.846. The first kappa shape index (κ1) is 41.4. The highest BCUT2D eigenvalue weighted by molar-refractivity contribution is 5.89. The molecule has 4 N–H and O–H groups in total.